The average molecular weight is 645 g/mol. The molecule has 0 spiro atoms. The molecule has 1 saturated heterocycles. The van der Waals surface area contributed by atoms with Gasteiger partial charge in [-0.05, 0) is 73.8 Å². The number of amides is 2. The molecule has 14 heteroatoms. The van der Waals surface area contributed by atoms with E-state index in [1.54, 1.807) is 18.2 Å². The fourth-order valence-corrected chi connectivity index (χ4v) is 4.88. The summed E-state index contributed by atoms with van der Waals surface area (Å²) < 4.78 is 84.8. The highest BCUT2D eigenvalue weighted by Crippen LogP contribution is 2.38. The van der Waals surface area contributed by atoms with Crippen LogP contribution in [-0.2, 0) is 22.3 Å². The third-order valence-corrected chi connectivity index (χ3v) is 7.33. The molecule has 242 valence electrons. The zero-order valence-corrected chi connectivity index (χ0v) is 24.5. The first-order valence-electron chi connectivity index (χ1n) is 14.2. The third kappa shape index (κ3) is 7.80. The van der Waals surface area contributed by atoms with Crippen molar-refractivity contribution in [3.63, 3.8) is 0 Å². The van der Waals surface area contributed by atoms with Gasteiger partial charge in [-0.1, -0.05) is 6.07 Å². The number of methoxy groups -OCH3 is 1. The quantitative estimate of drug-likeness (QED) is 0.152. The molecule has 1 aromatic heterocycles. The van der Waals surface area contributed by atoms with E-state index in [0.717, 1.165) is 38.1 Å². The summed E-state index contributed by atoms with van der Waals surface area (Å²) in [6, 6.07) is 10.7. The second kappa shape index (κ2) is 14.0. The Morgan fingerprint density at radius 1 is 0.913 bits per heavy atom. The lowest BCUT2D eigenvalue weighted by Gasteiger charge is -2.23. The van der Waals surface area contributed by atoms with Crippen LogP contribution in [-0.4, -0.2) is 43.6 Å². The minimum atomic E-state index is -4.93. The summed E-state index contributed by atoms with van der Waals surface area (Å²) >= 11 is 0. The maximum atomic E-state index is 15.0. The number of fused-ring (bicyclic) bond motifs is 1. The zero-order valence-electron chi connectivity index (χ0n) is 24.5. The number of aromatic nitrogens is 1. The molecule has 0 unspecified atom stereocenters. The highest BCUT2D eigenvalue weighted by Gasteiger charge is 2.34. The molecule has 4 aromatic rings. The summed E-state index contributed by atoms with van der Waals surface area (Å²) in [7, 11) is 1.51. The van der Waals surface area contributed by atoms with Gasteiger partial charge in [0.15, 0.2) is 23.1 Å². The molecular formula is C32H29F5N4O5. The highest BCUT2D eigenvalue weighted by atomic mass is 19.4. The number of nitrogens with one attached hydrogen (secondary N) is 3. The van der Waals surface area contributed by atoms with Crippen LogP contribution in [0.2, 0.25) is 0 Å². The number of piperidine rings is 1. The van der Waals surface area contributed by atoms with Crippen LogP contribution in [0.5, 0.6) is 23.0 Å². The van der Waals surface area contributed by atoms with Crippen LogP contribution in [0.3, 0.4) is 0 Å². The fourth-order valence-electron chi connectivity index (χ4n) is 4.88. The van der Waals surface area contributed by atoms with Crippen molar-refractivity contribution in [2.45, 2.75) is 25.6 Å². The van der Waals surface area contributed by atoms with E-state index in [1.165, 1.54) is 25.4 Å². The summed E-state index contributed by atoms with van der Waals surface area (Å²) in [5.41, 5.74) is -1.13. The van der Waals surface area contributed by atoms with Gasteiger partial charge in [0, 0.05) is 35.9 Å². The molecule has 46 heavy (non-hydrogen) atoms. The molecule has 5 rings (SSSR count). The lowest BCUT2D eigenvalue weighted by molar-refractivity contribution is -0.140. The van der Waals surface area contributed by atoms with Crippen LogP contribution >= 0.6 is 0 Å². The van der Waals surface area contributed by atoms with Crippen molar-refractivity contribution in [2.24, 2.45) is 5.92 Å². The van der Waals surface area contributed by atoms with Gasteiger partial charge < -0.3 is 30.2 Å². The molecule has 0 saturated carbocycles. The van der Waals surface area contributed by atoms with E-state index in [4.69, 9.17) is 14.2 Å². The van der Waals surface area contributed by atoms with Gasteiger partial charge in [-0.2, -0.15) is 13.2 Å². The minimum Gasteiger partial charge on any atom is -0.493 e. The van der Waals surface area contributed by atoms with E-state index in [0.29, 0.717) is 47.1 Å². The normalized spacial score (nSPS) is 13.7. The Hall–Kier alpha value is -4.98. The molecule has 0 atom stereocenters. The van der Waals surface area contributed by atoms with Crippen LogP contribution in [0, 0.1) is 17.6 Å². The number of anilines is 1. The summed E-state index contributed by atoms with van der Waals surface area (Å²) in [5.74, 6) is -3.22. The number of hydrogen-bond acceptors (Lipinski definition) is 7. The van der Waals surface area contributed by atoms with E-state index in [1.807, 2.05) is 0 Å². The van der Waals surface area contributed by atoms with Crippen molar-refractivity contribution < 1.29 is 45.8 Å². The molecule has 2 amide bonds. The Labute approximate surface area is 260 Å². The summed E-state index contributed by atoms with van der Waals surface area (Å²) in [6.45, 7) is 1.95. The topological polar surface area (TPSA) is 111 Å². The van der Waals surface area contributed by atoms with E-state index in [-0.39, 0.29) is 22.7 Å². The smallest absolute Gasteiger partial charge is 0.419 e. The summed E-state index contributed by atoms with van der Waals surface area (Å²) in [6.07, 6.45) is -1.40. The molecule has 1 aliphatic rings. The largest absolute Gasteiger partial charge is 0.493 e. The third-order valence-electron chi connectivity index (χ3n) is 7.33. The number of carbonyl (C=O) groups excluding carboxylic acids is 2. The molecular weight excluding hydrogens is 615 g/mol. The van der Waals surface area contributed by atoms with Gasteiger partial charge in [0.2, 0.25) is 0 Å². The van der Waals surface area contributed by atoms with Crippen molar-refractivity contribution in [1.82, 2.24) is 15.6 Å². The Balaban J connectivity index is 1.23. The lowest BCUT2D eigenvalue weighted by atomic mass is 9.99. The summed E-state index contributed by atoms with van der Waals surface area (Å²) in [4.78, 5) is 28.9. The highest BCUT2D eigenvalue weighted by molar-refractivity contribution is 6.39. The predicted molar refractivity (Wildman–Crippen MR) is 158 cm³/mol. The first kappa shape index (κ1) is 32.4. The number of pyridine rings is 1. The maximum absolute atomic E-state index is 15.0. The molecule has 2 heterocycles. The maximum Gasteiger partial charge on any atom is 0.419 e. The van der Waals surface area contributed by atoms with Crippen molar-refractivity contribution >= 4 is 28.4 Å². The van der Waals surface area contributed by atoms with Gasteiger partial charge >= 0.3 is 18.0 Å². The number of ether oxygens (including phenoxy) is 3. The van der Waals surface area contributed by atoms with Gasteiger partial charge in [-0.3, -0.25) is 14.6 Å². The molecule has 1 aliphatic heterocycles. The Bertz CT molecular complexity index is 1740. The number of rotatable bonds is 9. The van der Waals surface area contributed by atoms with E-state index in [9.17, 15) is 27.2 Å². The van der Waals surface area contributed by atoms with Gasteiger partial charge in [-0.25, -0.2) is 8.78 Å². The molecule has 0 bridgehead atoms. The summed E-state index contributed by atoms with van der Waals surface area (Å²) in [5, 5.41) is 8.21. The molecule has 0 radical (unpaired) electrons. The molecule has 0 aliphatic carbocycles. The lowest BCUT2D eigenvalue weighted by Crippen LogP contribution is -2.35. The minimum absolute atomic E-state index is 0.0790. The van der Waals surface area contributed by atoms with Gasteiger partial charge in [-0.15, -0.1) is 0 Å². The Kier molecular flexibility index (Phi) is 9.85. The van der Waals surface area contributed by atoms with Crippen molar-refractivity contribution in [1.29, 1.82) is 0 Å². The van der Waals surface area contributed by atoms with E-state index < -0.39 is 41.7 Å². The second-order valence-electron chi connectivity index (χ2n) is 10.5. The molecule has 3 aromatic carbocycles. The van der Waals surface area contributed by atoms with Gasteiger partial charge in [0.1, 0.15) is 11.6 Å². The monoisotopic (exact) mass is 644 g/mol. The number of nitrogens with zero attached hydrogens (tertiary/aromatic N) is 1. The number of alkyl halides is 3. The molecule has 1 fully saturated rings. The van der Waals surface area contributed by atoms with Crippen molar-refractivity contribution in [2.75, 3.05) is 32.1 Å². The standard InChI is InChI=1S/C32H29F5N4O5/c1-44-28-14-21-25(15-29(28)45-17-18-6-9-38-10-7-18)39-11-8-26(21)46-27-5-3-20(13-24(27)34)41-31(43)30(42)40-16-19-2-4-23(33)22(12-19)32(35,36)37/h2-5,8,11-15,18,38H,6-7,9-10,16-17H2,1H3,(H,40,42)(H,41,43). The van der Waals surface area contributed by atoms with Gasteiger partial charge in [0.25, 0.3) is 0 Å². The Morgan fingerprint density at radius 2 is 1.70 bits per heavy atom. The van der Waals surface area contributed by atoms with Crippen molar-refractivity contribution in [3.05, 3.63) is 83.6 Å². The molecule has 9 nitrogen and oxygen atoms in total. The SMILES string of the molecule is COc1cc2c(Oc3ccc(NC(=O)C(=O)NCc4ccc(F)c(C(F)(F)F)c4)cc3F)ccnc2cc1OCC1CCNCC1. The number of halogens is 5. The van der Waals surface area contributed by atoms with E-state index in [2.05, 4.69) is 20.9 Å². The first-order chi connectivity index (χ1) is 22.0. The van der Waals surface area contributed by atoms with Crippen LogP contribution in [0.25, 0.3) is 10.9 Å². The number of carbonyl (C=O) groups is 2. The fraction of sp³-hybridized carbons (Fsp3) is 0.281. The number of hydrogen-bond donors (Lipinski definition) is 3. The number of benzene rings is 3. The molecule has 3 N–H and O–H groups in total. The first-order valence-corrected chi connectivity index (χ1v) is 14.2. The average Bonchev–Trinajstić information content (AvgIpc) is 3.04. The van der Waals surface area contributed by atoms with Crippen LogP contribution in [0.4, 0.5) is 27.6 Å². The Morgan fingerprint density at radius 3 is 2.41 bits per heavy atom. The van der Waals surface area contributed by atoms with Gasteiger partial charge in [0.05, 0.1) is 24.8 Å². The zero-order chi connectivity index (χ0) is 32.8. The predicted octanol–water partition coefficient (Wildman–Crippen LogP) is 5.97. The van der Waals surface area contributed by atoms with Crippen LogP contribution in [0.15, 0.2) is 60.8 Å². The van der Waals surface area contributed by atoms with Crippen molar-refractivity contribution in [3.8, 4) is 23.0 Å². The van der Waals surface area contributed by atoms with E-state index >= 15 is 4.39 Å². The second-order valence-corrected chi connectivity index (χ2v) is 10.5. The van der Waals surface area contributed by atoms with Crippen LogP contribution in [0.1, 0.15) is 24.0 Å². The van der Waals surface area contributed by atoms with Crippen LogP contribution < -0.4 is 30.2 Å².